The normalized spacial score (nSPS) is 15.5. The molecule has 0 saturated carbocycles. The fourth-order valence-electron chi connectivity index (χ4n) is 8.59. The number of amides is 4. The minimum Gasteiger partial charge on any atom is -0.508 e. The zero-order chi connectivity index (χ0) is 50.2. The van der Waals surface area contributed by atoms with E-state index in [9.17, 15) is 34.5 Å². The average molecular weight is 993 g/mol. The van der Waals surface area contributed by atoms with Crippen molar-refractivity contribution in [1.29, 1.82) is 0 Å². The molecule has 15 heteroatoms. The van der Waals surface area contributed by atoms with E-state index in [0.717, 1.165) is 68.8 Å². The third-order valence-corrected chi connectivity index (χ3v) is 13.5. The van der Waals surface area contributed by atoms with Gasteiger partial charge in [0.1, 0.15) is 35.9 Å². The summed E-state index contributed by atoms with van der Waals surface area (Å²) in [6.07, 6.45) is 4.28. The number of halogens is 1. The molecule has 0 bridgehead atoms. The number of β-amino-alcohol motifs (C(OH)–C–C–N with tert-alkyl or cyclic N) is 1. The van der Waals surface area contributed by atoms with E-state index in [1.54, 1.807) is 35.6 Å². The molecule has 1 aromatic heterocycles. The Labute approximate surface area is 420 Å². The summed E-state index contributed by atoms with van der Waals surface area (Å²) in [6, 6.07) is 27.9. The number of allylic oxidation sites excluding steroid dienone is 1. The highest BCUT2D eigenvalue weighted by atomic mass is 35.5. The number of unbranched alkanes of at least 4 members (excludes halogenated alkanes) is 4. The minimum absolute atomic E-state index is 0.00800. The van der Waals surface area contributed by atoms with Gasteiger partial charge in [0.05, 0.1) is 28.7 Å². The highest BCUT2D eigenvalue weighted by Crippen LogP contribution is 2.37. The van der Waals surface area contributed by atoms with Gasteiger partial charge in [-0.05, 0) is 107 Å². The largest absolute Gasteiger partial charge is 0.508 e. The molecular formula is C55H66ClN5O8S. The first-order chi connectivity index (χ1) is 33.6. The van der Waals surface area contributed by atoms with Crippen molar-refractivity contribution in [2.24, 2.45) is 5.41 Å². The molecule has 1 aliphatic heterocycles. The zero-order valence-electron chi connectivity index (χ0n) is 40.5. The van der Waals surface area contributed by atoms with Crippen LogP contribution in [0.4, 0.5) is 0 Å². The molecule has 0 spiro atoms. The van der Waals surface area contributed by atoms with Crippen LogP contribution in [0.5, 0.6) is 17.2 Å². The summed E-state index contributed by atoms with van der Waals surface area (Å²) in [6.45, 7) is 8.49. The summed E-state index contributed by atoms with van der Waals surface area (Å²) in [5, 5.41) is 39.3. The number of benzene rings is 4. The van der Waals surface area contributed by atoms with E-state index in [0.29, 0.717) is 50.5 Å². The molecule has 1 aliphatic rings. The van der Waals surface area contributed by atoms with Gasteiger partial charge in [0, 0.05) is 38.2 Å². The standard InChI is InChI=1S/C55H66ClN5O8S/c1-36-51(70-35-59-36)41-14-12-37(13-15-41)33-58-53(67)47-32-44(64)34-61(47)54(68)52(55(2,3)4)60-49(66)11-9-7-5-6-8-10-48(65)57-30-31-69-45-26-20-40(21-27-45)50(39-18-24-43(63)25-19-39)46(28-29-56)38-16-22-42(62)23-17-38/h12-27,35,44,47,52,62-64H,5-11,28-34H2,1-4H3,(H,57,65)(H,58,67)(H,60,66)/t44-,47+,52-/m1/s1. The van der Waals surface area contributed by atoms with Crippen molar-refractivity contribution in [3.05, 3.63) is 131 Å². The zero-order valence-corrected chi connectivity index (χ0v) is 42.1. The Kier molecular flexibility index (Phi) is 19.4. The van der Waals surface area contributed by atoms with Crippen LogP contribution in [0.2, 0.25) is 0 Å². The van der Waals surface area contributed by atoms with Crippen molar-refractivity contribution in [2.75, 3.05) is 25.6 Å². The molecule has 3 atom stereocenters. The summed E-state index contributed by atoms with van der Waals surface area (Å²) in [5.74, 6) is 0.329. The Morgan fingerprint density at radius 3 is 1.96 bits per heavy atom. The molecule has 5 aromatic rings. The molecule has 372 valence electrons. The van der Waals surface area contributed by atoms with Crippen LogP contribution >= 0.6 is 22.9 Å². The lowest BCUT2D eigenvalue weighted by atomic mass is 9.85. The van der Waals surface area contributed by atoms with Crippen molar-refractivity contribution in [1.82, 2.24) is 25.8 Å². The number of ether oxygens (including phenoxy) is 1. The number of aliphatic hydroxyl groups is 1. The average Bonchev–Trinajstić information content (AvgIpc) is 3.96. The predicted octanol–water partition coefficient (Wildman–Crippen LogP) is 9.15. The number of phenols is 2. The molecule has 70 heavy (non-hydrogen) atoms. The summed E-state index contributed by atoms with van der Waals surface area (Å²) in [4.78, 5) is 60.0. The highest BCUT2D eigenvalue weighted by Gasteiger charge is 2.44. The maximum absolute atomic E-state index is 14.0. The summed E-state index contributed by atoms with van der Waals surface area (Å²) in [5.41, 5.74) is 8.79. The van der Waals surface area contributed by atoms with Crippen LogP contribution < -0.4 is 20.7 Å². The van der Waals surface area contributed by atoms with Gasteiger partial charge in [0.2, 0.25) is 23.6 Å². The van der Waals surface area contributed by atoms with E-state index >= 15 is 0 Å². The smallest absolute Gasteiger partial charge is 0.246 e. The molecule has 4 aromatic carbocycles. The first-order valence-corrected chi connectivity index (χ1v) is 25.5. The lowest BCUT2D eigenvalue weighted by Crippen LogP contribution is -2.57. The second-order valence-corrected chi connectivity index (χ2v) is 20.1. The topological polar surface area (TPSA) is 190 Å². The predicted molar refractivity (Wildman–Crippen MR) is 276 cm³/mol. The highest BCUT2D eigenvalue weighted by molar-refractivity contribution is 7.13. The van der Waals surface area contributed by atoms with E-state index in [1.807, 2.05) is 106 Å². The number of aromatic nitrogens is 1. The molecule has 0 unspecified atom stereocenters. The maximum atomic E-state index is 14.0. The first kappa shape index (κ1) is 53.1. The summed E-state index contributed by atoms with van der Waals surface area (Å²) >= 11 is 7.85. The van der Waals surface area contributed by atoms with Crippen LogP contribution in [0.25, 0.3) is 21.6 Å². The number of phenolic OH excluding ortho intramolecular Hbond substituents is 2. The van der Waals surface area contributed by atoms with Gasteiger partial charge in [-0.15, -0.1) is 22.9 Å². The number of hydrogen-bond donors (Lipinski definition) is 6. The Morgan fingerprint density at radius 1 is 0.786 bits per heavy atom. The van der Waals surface area contributed by atoms with Crippen LogP contribution in [-0.2, 0) is 25.7 Å². The number of aryl methyl sites for hydroxylation is 1. The van der Waals surface area contributed by atoms with Crippen LogP contribution in [0.1, 0.15) is 107 Å². The molecule has 6 N–H and O–H groups in total. The van der Waals surface area contributed by atoms with Gasteiger partial charge in [-0.1, -0.05) is 101 Å². The fraction of sp³-hybridized carbons (Fsp3) is 0.400. The quantitative estimate of drug-likeness (QED) is 0.0211. The number of aromatic hydroxyl groups is 2. The van der Waals surface area contributed by atoms with E-state index in [1.165, 1.54) is 4.90 Å². The summed E-state index contributed by atoms with van der Waals surface area (Å²) < 4.78 is 5.95. The van der Waals surface area contributed by atoms with Gasteiger partial charge in [0.15, 0.2) is 0 Å². The van der Waals surface area contributed by atoms with Crippen molar-refractivity contribution in [3.63, 3.8) is 0 Å². The van der Waals surface area contributed by atoms with Crippen molar-refractivity contribution in [3.8, 4) is 27.7 Å². The van der Waals surface area contributed by atoms with Crippen LogP contribution in [-0.4, -0.2) is 92.6 Å². The first-order valence-electron chi connectivity index (χ1n) is 24.0. The van der Waals surface area contributed by atoms with Crippen LogP contribution in [0, 0.1) is 12.3 Å². The van der Waals surface area contributed by atoms with Gasteiger partial charge in [-0.3, -0.25) is 19.2 Å². The van der Waals surface area contributed by atoms with Gasteiger partial charge in [0.25, 0.3) is 0 Å². The number of carbonyl (C=O) groups excluding carboxylic acids is 4. The second kappa shape index (κ2) is 25.6. The van der Waals surface area contributed by atoms with E-state index in [2.05, 4.69) is 20.9 Å². The summed E-state index contributed by atoms with van der Waals surface area (Å²) in [7, 11) is 0. The number of thiazole rings is 1. The van der Waals surface area contributed by atoms with E-state index in [4.69, 9.17) is 16.3 Å². The molecule has 1 saturated heterocycles. The fourth-order valence-corrected chi connectivity index (χ4v) is 9.60. The van der Waals surface area contributed by atoms with Gasteiger partial charge in [-0.25, -0.2) is 4.98 Å². The molecule has 0 radical (unpaired) electrons. The number of rotatable bonds is 23. The number of nitrogens with zero attached hydrogens (tertiary/aromatic N) is 2. The Hall–Kier alpha value is -6.22. The van der Waals surface area contributed by atoms with Gasteiger partial charge < -0.3 is 40.9 Å². The van der Waals surface area contributed by atoms with Crippen LogP contribution in [0.15, 0.2) is 103 Å². The number of carbonyl (C=O) groups is 4. The number of nitrogens with one attached hydrogen (secondary N) is 3. The Morgan fingerprint density at radius 2 is 1.37 bits per heavy atom. The number of likely N-dealkylation sites (tertiary alicyclic amines) is 1. The lowest BCUT2D eigenvalue weighted by molar-refractivity contribution is -0.144. The van der Waals surface area contributed by atoms with Crippen LogP contribution in [0.3, 0.4) is 0 Å². The molecule has 0 aliphatic carbocycles. The number of hydrogen-bond acceptors (Lipinski definition) is 10. The van der Waals surface area contributed by atoms with E-state index < -0.39 is 29.5 Å². The molecule has 2 heterocycles. The molecule has 13 nitrogen and oxygen atoms in total. The van der Waals surface area contributed by atoms with Gasteiger partial charge >= 0.3 is 0 Å². The molecular weight excluding hydrogens is 926 g/mol. The Balaban J connectivity index is 0.881. The second-order valence-electron chi connectivity index (χ2n) is 18.8. The third-order valence-electron chi connectivity index (χ3n) is 12.4. The lowest BCUT2D eigenvalue weighted by Gasteiger charge is -2.35. The van der Waals surface area contributed by atoms with Crippen molar-refractivity contribution >= 4 is 57.7 Å². The third kappa shape index (κ3) is 15.1. The maximum Gasteiger partial charge on any atom is 0.246 e. The molecule has 6 rings (SSSR count). The van der Waals surface area contributed by atoms with E-state index in [-0.39, 0.29) is 55.2 Å². The molecule has 1 fully saturated rings. The number of alkyl halides is 1. The minimum atomic E-state index is -0.890. The monoisotopic (exact) mass is 991 g/mol. The van der Waals surface area contributed by atoms with Gasteiger partial charge in [-0.2, -0.15) is 0 Å². The Bertz CT molecular complexity index is 2540. The SMILES string of the molecule is Cc1ncsc1-c1ccc(CNC(=O)[C@@H]2C[C@@H](O)CN2C(=O)[C@@H](NC(=O)CCCCCCCC(=O)NCCOc2ccc(C(=C(CCCl)c3ccc(O)cc3)c3ccc(O)cc3)cc2)C(C)(C)C)cc1. The molecule has 4 amide bonds. The van der Waals surface area contributed by atoms with Crippen molar-refractivity contribution < 1.29 is 39.2 Å². The number of aliphatic hydroxyl groups excluding tert-OH is 1. The van der Waals surface area contributed by atoms with Crippen molar-refractivity contribution in [2.45, 2.75) is 110 Å².